The van der Waals surface area contributed by atoms with Crippen LogP contribution >= 0.6 is 0 Å². The van der Waals surface area contributed by atoms with E-state index in [4.69, 9.17) is 38.2 Å². The Morgan fingerprint density at radius 3 is 1.30 bits per heavy atom. The molecule has 0 amide bonds. The summed E-state index contributed by atoms with van der Waals surface area (Å²) in [5.41, 5.74) is 12.5. The highest BCUT2D eigenvalue weighted by Crippen LogP contribution is 2.39. The Labute approximate surface area is 348 Å². The summed E-state index contributed by atoms with van der Waals surface area (Å²) in [6.07, 6.45) is 0. The fourth-order valence-corrected chi connectivity index (χ4v) is 8.06. The maximum atomic E-state index is 6.35. The molecule has 12 rings (SSSR count). The van der Waals surface area contributed by atoms with E-state index in [-0.39, 0.29) is 0 Å². The summed E-state index contributed by atoms with van der Waals surface area (Å²) in [6.45, 7) is 0. The Morgan fingerprint density at radius 1 is 0.279 bits per heavy atom. The summed E-state index contributed by atoms with van der Waals surface area (Å²) in [5, 5.41) is 1.90. The fourth-order valence-electron chi connectivity index (χ4n) is 8.06. The molecule has 0 aliphatic carbocycles. The van der Waals surface area contributed by atoms with Crippen molar-refractivity contribution in [2.45, 2.75) is 0 Å². The number of furan rings is 1. The predicted octanol–water partition coefficient (Wildman–Crippen LogP) is 13.7. The molecule has 0 atom stereocenters. The van der Waals surface area contributed by atoms with Crippen LogP contribution in [0.2, 0.25) is 0 Å². The van der Waals surface area contributed by atoms with Crippen molar-refractivity contribution in [1.29, 1.82) is 0 Å². The molecule has 0 aliphatic heterocycles. The zero-order valence-corrected chi connectivity index (χ0v) is 32.4. The van der Waals surface area contributed by atoms with Crippen LogP contribution in [0.4, 0.5) is 0 Å². The van der Waals surface area contributed by atoms with E-state index >= 15 is 0 Å². The van der Waals surface area contributed by atoms with Crippen LogP contribution in [0.15, 0.2) is 201 Å². The normalized spacial score (nSPS) is 11.6. The molecule has 8 heteroatoms. The third-order valence-corrected chi connectivity index (χ3v) is 11.0. The molecule has 4 heterocycles. The molecule has 8 nitrogen and oxygen atoms in total. The van der Waals surface area contributed by atoms with Gasteiger partial charge in [-0.1, -0.05) is 115 Å². The lowest BCUT2D eigenvalue weighted by molar-refractivity contribution is 0.617. The molecular formula is C53H31N5O3. The monoisotopic (exact) mass is 785 g/mol. The number of benzene rings is 8. The molecule has 0 aliphatic rings. The molecule has 0 spiro atoms. The van der Waals surface area contributed by atoms with Gasteiger partial charge in [0.1, 0.15) is 22.2 Å². The molecule has 12 aromatic rings. The van der Waals surface area contributed by atoms with Gasteiger partial charge in [0, 0.05) is 38.6 Å². The van der Waals surface area contributed by atoms with Gasteiger partial charge in [0.05, 0.1) is 0 Å². The quantitative estimate of drug-likeness (QED) is 0.157. The molecule has 0 fully saturated rings. The van der Waals surface area contributed by atoms with E-state index < -0.39 is 0 Å². The maximum Gasteiger partial charge on any atom is 0.227 e. The van der Waals surface area contributed by atoms with Crippen LogP contribution in [0.3, 0.4) is 0 Å². The van der Waals surface area contributed by atoms with Crippen molar-refractivity contribution >= 4 is 44.1 Å². The Kier molecular flexibility index (Phi) is 7.99. The van der Waals surface area contributed by atoms with Crippen molar-refractivity contribution in [2.75, 3.05) is 0 Å². The lowest BCUT2D eigenvalue weighted by Crippen LogP contribution is -2.01. The number of hydrogen-bond acceptors (Lipinski definition) is 8. The van der Waals surface area contributed by atoms with E-state index in [1.165, 1.54) is 0 Å². The van der Waals surface area contributed by atoms with Crippen LogP contribution < -0.4 is 0 Å². The van der Waals surface area contributed by atoms with Crippen molar-refractivity contribution in [2.24, 2.45) is 0 Å². The third kappa shape index (κ3) is 6.22. The molecule has 286 valence electrons. The number of para-hydroxylation sites is 5. The van der Waals surface area contributed by atoms with Crippen molar-refractivity contribution in [3.63, 3.8) is 0 Å². The first kappa shape index (κ1) is 34.5. The van der Waals surface area contributed by atoms with Crippen molar-refractivity contribution in [3.05, 3.63) is 188 Å². The standard InChI is InChI=1S/C53H31N5O3/c1-3-14-32(15-4-1)34-26-35(33-16-5-2-6-17-33)28-36(27-34)49-56-50(58-51(57-49)41-19-13-25-47-48(41)40-18-7-10-22-44(40)59-47)37-29-38(52-54-42-20-8-11-23-45(42)60-52)31-39(30-37)53-55-43-21-9-12-24-46(43)61-53/h1-31H. The first-order valence-electron chi connectivity index (χ1n) is 20.0. The summed E-state index contributed by atoms with van der Waals surface area (Å²) >= 11 is 0. The van der Waals surface area contributed by atoms with Gasteiger partial charge in [0.15, 0.2) is 28.6 Å². The molecule has 0 N–H and O–H groups in total. The van der Waals surface area contributed by atoms with Gasteiger partial charge in [0.2, 0.25) is 11.8 Å². The Hall–Kier alpha value is -8.49. The second-order valence-electron chi connectivity index (χ2n) is 14.9. The average molecular weight is 786 g/mol. The largest absolute Gasteiger partial charge is 0.456 e. The number of hydrogen-bond donors (Lipinski definition) is 0. The molecule has 0 bridgehead atoms. The number of oxazole rings is 2. The van der Waals surface area contributed by atoms with E-state index in [0.717, 1.165) is 77.5 Å². The highest BCUT2D eigenvalue weighted by atomic mass is 16.4. The van der Waals surface area contributed by atoms with Crippen LogP contribution in [0.25, 0.3) is 123 Å². The van der Waals surface area contributed by atoms with Gasteiger partial charge in [-0.2, -0.15) is 0 Å². The minimum Gasteiger partial charge on any atom is -0.456 e. The molecule has 0 saturated heterocycles. The average Bonchev–Trinajstić information content (AvgIpc) is 4.07. The SMILES string of the molecule is c1ccc(-c2cc(-c3ccccc3)cc(-c3nc(-c4cc(-c5nc6ccccc6o5)cc(-c5nc6ccccc6o5)c4)nc(-c4cccc5oc6ccccc6c45)n3)c2)cc1. The van der Waals surface area contributed by atoms with Crippen LogP contribution in [0.1, 0.15) is 0 Å². The van der Waals surface area contributed by atoms with E-state index in [2.05, 4.69) is 72.8 Å². The third-order valence-electron chi connectivity index (χ3n) is 11.0. The lowest BCUT2D eigenvalue weighted by Gasteiger charge is -2.13. The maximum absolute atomic E-state index is 6.35. The highest BCUT2D eigenvalue weighted by molar-refractivity contribution is 6.11. The smallest absolute Gasteiger partial charge is 0.227 e. The topological polar surface area (TPSA) is 104 Å². The van der Waals surface area contributed by atoms with E-state index in [0.29, 0.717) is 46.0 Å². The highest BCUT2D eigenvalue weighted by Gasteiger charge is 2.21. The number of aromatic nitrogens is 5. The van der Waals surface area contributed by atoms with Gasteiger partial charge in [-0.25, -0.2) is 24.9 Å². The lowest BCUT2D eigenvalue weighted by atomic mass is 9.95. The second-order valence-corrected chi connectivity index (χ2v) is 14.9. The minimum absolute atomic E-state index is 0.450. The van der Waals surface area contributed by atoms with Crippen molar-refractivity contribution < 1.29 is 13.3 Å². The number of nitrogens with zero attached hydrogens (tertiary/aromatic N) is 5. The van der Waals surface area contributed by atoms with E-state index in [1.807, 2.05) is 115 Å². The molecule has 8 aromatic carbocycles. The van der Waals surface area contributed by atoms with Crippen molar-refractivity contribution in [1.82, 2.24) is 24.9 Å². The number of rotatable bonds is 7. The van der Waals surface area contributed by atoms with Gasteiger partial charge < -0.3 is 13.3 Å². The van der Waals surface area contributed by atoms with Crippen molar-refractivity contribution in [3.8, 4) is 79.3 Å². The van der Waals surface area contributed by atoms with E-state index in [1.54, 1.807) is 0 Å². The molecule has 4 aromatic heterocycles. The summed E-state index contributed by atoms with van der Waals surface area (Å²) in [6, 6.07) is 62.8. The van der Waals surface area contributed by atoms with Gasteiger partial charge in [0.25, 0.3) is 0 Å². The minimum atomic E-state index is 0.450. The zero-order chi connectivity index (χ0) is 40.3. The van der Waals surface area contributed by atoms with Gasteiger partial charge in [-0.15, -0.1) is 0 Å². The Bertz CT molecular complexity index is 3390. The molecule has 0 saturated carbocycles. The van der Waals surface area contributed by atoms with Crippen LogP contribution in [-0.2, 0) is 0 Å². The second kappa shape index (κ2) is 14.1. The first-order chi connectivity index (χ1) is 30.2. The molecular weight excluding hydrogens is 755 g/mol. The summed E-state index contributed by atoms with van der Waals surface area (Å²) in [7, 11) is 0. The zero-order valence-electron chi connectivity index (χ0n) is 32.4. The van der Waals surface area contributed by atoms with E-state index in [9.17, 15) is 0 Å². The van der Waals surface area contributed by atoms with Gasteiger partial charge in [-0.05, 0) is 95.1 Å². The fraction of sp³-hybridized carbons (Fsp3) is 0. The van der Waals surface area contributed by atoms with Gasteiger partial charge >= 0.3 is 0 Å². The van der Waals surface area contributed by atoms with Crippen LogP contribution in [0.5, 0.6) is 0 Å². The molecule has 61 heavy (non-hydrogen) atoms. The Morgan fingerprint density at radius 2 is 0.721 bits per heavy atom. The molecule has 0 radical (unpaired) electrons. The Balaban J connectivity index is 1.13. The van der Waals surface area contributed by atoms with Gasteiger partial charge in [-0.3, -0.25) is 0 Å². The molecule has 0 unspecified atom stereocenters. The first-order valence-corrected chi connectivity index (χ1v) is 20.0. The summed E-state index contributed by atoms with van der Waals surface area (Å²) < 4.78 is 19.0. The van der Waals surface area contributed by atoms with Crippen LogP contribution in [-0.4, -0.2) is 24.9 Å². The summed E-state index contributed by atoms with van der Waals surface area (Å²) in [5.74, 6) is 2.36. The predicted molar refractivity (Wildman–Crippen MR) is 240 cm³/mol. The number of fused-ring (bicyclic) bond motifs is 5. The summed E-state index contributed by atoms with van der Waals surface area (Å²) in [4.78, 5) is 25.6. The van der Waals surface area contributed by atoms with Crippen LogP contribution in [0, 0.1) is 0 Å².